The van der Waals surface area contributed by atoms with Crippen LogP contribution in [0.1, 0.15) is 35.3 Å². The fourth-order valence-corrected chi connectivity index (χ4v) is 6.14. The molecule has 1 aliphatic carbocycles. The molecule has 0 bridgehead atoms. The minimum atomic E-state index is -4.75. The minimum Gasteiger partial charge on any atom is -0.483 e. The molecule has 1 saturated carbocycles. The summed E-state index contributed by atoms with van der Waals surface area (Å²) in [5, 5.41) is 22.6. The van der Waals surface area contributed by atoms with E-state index >= 15 is 0 Å². The average Bonchev–Trinajstić information content (AvgIpc) is 3.80. The maximum atomic E-state index is 13.8. The third-order valence-electron chi connectivity index (χ3n) is 8.13. The number of fused-ring (bicyclic) bond motifs is 1. The Kier molecular flexibility index (Phi) is 10.2. The fourth-order valence-electron chi connectivity index (χ4n) is 5.88. The monoisotopic (exact) mass is 686 g/mol. The van der Waals surface area contributed by atoms with Gasteiger partial charge in [-0.2, -0.15) is 23.5 Å². The SMILES string of the molecule is N#CCn1cc(-c2cnc3c(Nc4ccc(C(=O)N5CCN(C(=O)[C@@H]6CC[C@H](N)C6)CC5)c(Cl)c4)nccn23)c(C(F)(F)F)n1.O=CO. The van der Waals surface area contributed by atoms with Crippen LogP contribution in [0.25, 0.3) is 16.9 Å². The van der Waals surface area contributed by atoms with Crippen LogP contribution in [-0.2, 0) is 22.3 Å². The van der Waals surface area contributed by atoms with Crippen LogP contribution in [-0.4, -0.2) is 89.6 Å². The first-order valence-corrected chi connectivity index (χ1v) is 15.1. The molecule has 1 saturated heterocycles. The van der Waals surface area contributed by atoms with Crippen molar-refractivity contribution in [2.45, 2.75) is 38.0 Å². The molecule has 0 unspecified atom stereocenters. The first-order chi connectivity index (χ1) is 22.9. The van der Waals surface area contributed by atoms with Gasteiger partial charge in [0.05, 0.1) is 34.1 Å². The Balaban J connectivity index is 0.00000145. The Morgan fingerprint density at radius 2 is 1.88 bits per heavy atom. The number of piperazine rings is 1. The lowest BCUT2D eigenvalue weighted by molar-refractivity contribution is -0.141. The van der Waals surface area contributed by atoms with Crippen LogP contribution in [0.15, 0.2) is 43.0 Å². The van der Waals surface area contributed by atoms with Gasteiger partial charge in [0.1, 0.15) is 6.54 Å². The second-order valence-corrected chi connectivity index (χ2v) is 11.6. The van der Waals surface area contributed by atoms with E-state index in [0.717, 1.165) is 23.7 Å². The molecule has 6 rings (SSSR count). The number of alkyl halides is 3. The number of aromatic nitrogens is 5. The first-order valence-electron chi connectivity index (χ1n) is 14.8. The van der Waals surface area contributed by atoms with Gasteiger partial charge in [-0.15, -0.1) is 0 Å². The highest BCUT2D eigenvalue weighted by Crippen LogP contribution is 2.37. The number of amides is 2. The number of hydrogen-bond acceptors (Lipinski definition) is 9. The number of carbonyl (C=O) groups excluding carboxylic acids is 2. The van der Waals surface area contributed by atoms with E-state index in [4.69, 9.17) is 32.5 Å². The zero-order chi connectivity index (χ0) is 34.6. The Hall–Kier alpha value is -5.21. The third-order valence-corrected chi connectivity index (χ3v) is 8.44. The maximum Gasteiger partial charge on any atom is 0.435 e. The van der Waals surface area contributed by atoms with Gasteiger partial charge < -0.3 is 26.0 Å². The molecule has 14 nitrogen and oxygen atoms in total. The number of nitrogens with one attached hydrogen (secondary N) is 1. The van der Waals surface area contributed by atoms with Crippen LogP contribution in [0.4, 0.5) is 24.7 Å². The van der Waals surface area contributed by atoms with Crippen LogP contribution in [0.3, 0.4) is 0 Å². The molecule has 2 aliphatic rings. The van der Waals surface area contributed by atoms with E-state index < -0.39 is 11.9 Å². The lowest BCUT2D eigenvalue weighted by atomic mass is 10.1. The summed E-state index contributed by atoms with van der Waals surface area (Å²) in [4.78, 5) is 46.5. The lowest BCUT2D eigenvalue weighted by Crippen LogP contribution is -2.51. The molecule has 4 aromatic rings. The summed E-state index contributed by atoms with van der Waals surface area (Å²) in [6, 6.07) is 6.64. The number of imidazole rings is 1. The van der Waals surface area contributed by atoms with Gasteiger partial charge in [-0.3, -0.25) is 23.5 Å². The van der Waals surface area contributed by atoms with E-state index in [1.807, 2.05) is 0 Å². The van der Waals surface area contributed by atoms with Gasteiger partial charge in [0, 0.05) is 62.4 Å². The van der Waals surface area contributed by atoms with Gasteiger partial charge in [0.15, 0.2) is 17.2 Å². The number of benzene rings is 1. The van der Waals surface area contributed by atoms with Crippen molar-refractivity contribution in [2.75, 3.05) is 31.5 Å². The molecule has 1 aromatic carbocycles. The second-order valence-electron chi connectivity index (χ2n) is 11.2. The van der Waals surface area contributed by atoms with E-state index in [0.29, 0.717) is 43.9 Å². The molecule has 3 aromatic heterocycles. The summed E-state index contributed by atoms with van der Waals surface area (Å²) in [6.07, 6.45) is 2.90. The molecule has 2 fully saturated rings. The van der Waals surface area contributed by atoms with Gasteiger partial charge in [0.2, 0.25) is 5.91 Å². The fraction of sp³-hybridized carbons (Fsp3) is 0.367. The average molecular weight is 687 g/mol. The summed E-state index contributed by atoms with van der Waals surface area (Å²) in [6.45, 7) is 1.07. The number of nitriles is 1. The molecule has 2 atom stereocenters. The van der Waals surface area contributed by atoms with Crippen molar-refractivity contribution >= 4 is 47.0 Å². The molecule has 0 radical (unpaired) electrons. The van der Waals surface area contributed by atoms with Gasteiger partial charge in [0.25, 0.3) is 12.4 Å². The predicted octanol–water partition coefficient (Wildman–Crippen LogP) is 3.64. The standard InChI is InChI=1S/C29H28ClF3N10O2.CH2O2/c30-22-14-19(3-4-20(22)28(45)41-11-9-40(10-12-41)27(44)17-1-2-18(35)13-17)38-25-26-37-15-23(43(26)8-6-36-25)21-16-42(7-5-34)39-24(21)29(31,32)33;2-1-3/h3-4,6,8,14-18H,1-2,7,9-13,35H2,(H,36,38);1H,(H,2,3)/t17-,18+;/m1./s1. The molecule has 2 amide bonds. The highest BCUT2D eigenvalue weighted by Gasteiger charge is 2.38. The second kappa shape index (κ2) is 14.3. The van der Waals surface area contributed by atoms with Crippen molar-refractivity contribution in [1.82, 2.24) is 33.9 Å². The number of carboxylic acid groups (broad SMARTS) is 1. The third kappa shape index (κ3) is 7.19. The van der Waals surface area contributed by atoms with Crippen LogP contribution in [0.5, 0.6) is 0 Å². The van der Waals surface area contributed by atoms with Crippen molar-refractivity contribution in [1.29, 1.82) is 5.26 Å². The Morgan fingerprint density at radius 1 is 1.17 bits per heavy atom. The van der Waals surface area contributed by atoms with Crippen LogP contribution < -0.4 is 11.1 Å². The van der Waals surface area contributed by atoms with E-state index in [9.17, 15) is 22.8 Å². The minimum absolute atomic E-state index is 0.0450. The number of anilines is 2. The van der Waals surface area contributed by atoms with Crippen molar-refractivity contribution in [2.24, 2.45) is 11.7 Å². The Morgan fingerprint density at radius 3 is 2.50 bits per heavy atom. The highest BCUT2D eigenvalue weighted by molar-refractivity contribution is 6.34. The number of halogens is 4. The molecule has 48 heavy (non-hydrogen) atoms. The van der Waals surface area contributed by atoms with Gasteiger partial charge in [-0.25, -0.2) is 9.97 Å². The van der Waals surface area contributed by atoms with Crippen LogP contribution >= 0.6 is 11.6 Å². The summed E-state index contributed by atoms with van der Waals surface area (Å²) < 4.78 is 43.6. The van der Waals surface area contributed by atoms with E-state index in [2.05, 4.69) is 20.4 Å². The van der Waals surface area contributed by atoms with E-state index in [1.54, 1.807) is 34.1 Å². The largest absolute Gasteiger partial charge is 0.483 e. The Bertz CT molecular complexity index is 1860. The molecule has 252 valence electrons. The topological polar surface area (TPSA) is 188 Å². The van der Waals surface area contributed by atoms with E-state index in [-0.39, 0.29) is 64.5 Å². The quantitative estimate of drug-likeness (QED) is 0.253. The molecule has 1 aliphatic heterocycles. The van der Waals surface area contributed by atoms with Gasteiger partial charge in [-0.05, 0) is 37.5 Å². The number of hydrogen-bond donors (Lipinski definition) is 3. The molecular weight excluding hydrogens is 657 g/mol. The molecule has 18 heteroatoms. The van der Waals surface area contributed by atoms with Gasteiger partial charge >= 0.3 is 6.18 Å². The van der Waals surface area contributed by atoms with Gasteiger partial charge in [-0.1, -0.05) is 11.6 Å². The number of nitrogens with two attached hydrogens (primary N) is 1. The van der Waals surface area contributed by atoms with Crippen LogP contribution in [0, 0.1) is 17.2 Å². The molecule has 4 N–H and O–H groups in total. The highest BCUT2D eigenvalue weighted by atomic mass is 35.5. The normalized spacial score (nSPS) is 17.8. The zero-order valence-electron chi connectivity index (χ0n) is 25.3. The lowest BCUT2D eigenvalue weighted by Gasteiger charge is -2.36. The summed E-state index contributed by atoms with van der Waals surface area (Å²) in [5.41, 5.74) is 5.72. The Labute approximate surface area is 276 Å². The number of rotatable bonds is 6. The first kappa shape index (κ1) is 34.1. The zero-order valence-corrected chi connectivity index (χ0v) is 26.0. The molecule has 4 heterocycles. The summed E-state index contributed by atoms with van der Waals surface area (Å²) in [5.74, 6) is 0.0426. The number of nitrogens with zero attached hydrogens (tertiary/aromatic N) is 8. The van der Waals surface area contributed by atoms with Crippen molar-refractivity contribution in [3.8, 4) is 17.3 Å². The summed E-state index contributed by atoms with van der Waals surface area (Å²) >= 11 is 6.54. The number of carbonyl (C=O) groups is 3. The predicted molar refractivity (Wildman–Crippen MR) is 166 cm³/mol. The van der Waals surface area contributed by atoms with E-state index in [1.165, 1.54) is 23.0 Å². The van der Waals surface area contributed by atoms with Crippen molar-refractivity contribution in [3.05, 3.63) is 59.3 Å². The van der Waals surface area contributed by atoms with Crippen molar-refractivity contribution < 1.29 is 32.7 Å². The van der Waals surface area contributed by atoms with Crippen LogP contribution in [0.2, 0.25) is 5.02 Å². The molecular formula is C30H30ClF3N10O4. The smallest absolute Gasteiger partial charge is 0.435 e. The summed E-state index contributed by atoms with van der Waals surface area (Å²) in [7, 11) is 0. The molecule has 0 spiro atoms. The maximum absolute atomic E-state index is 13.8. The van der Waals surface area contributed by atoms with Crippen molar-refractivity contribution in [3.63, 3.8) is 0 Å².